The number of hydrogen-bond acceptors (Lipinski definition) is 4. The van der Waals surface area contributed by atoms with Crippen LogP contribution < -0.4 is 10.2 Å². The van der Waals surface area contributed by atoms with Crippen LogP contribution in [0.15, 0.2) is 24.4 Å². The van der Waals surface area contributed by atoms with E-state index in [2.05, 4.69) is 18.3 Å². The van der Waals surface area contributed by atoms with Gasteiger partial charge in [0, 0.05) is 50.8 Å². The lowest BCUT2D eigenvalue weighted by Crippen LogP contribution is -2.37. The molecular weight excluding hydrogens is 290 g/mol. The second kappa shape index (κ2) is 7.92. The van der Waals surface area contributed by atoms with E-state index < -0.39 is 0 Å². The van der Waals surface area contributed by atoms with E-state index in [1.165, 1.54) is 11.8 Å². The lowest BCUT2D eigenvalue weighted by atomic mass is 9.91. The van der Waals surface area contributed by atoms with E-state index in [-0.39, 0.29) is 5.91 Å². The predicted octanol–water partition coefficient (Wildman–Crippen LogP) is 2.46. The summed E-state index contributed by atoms with van der Waals surface area (Å²) in [7, 11) is 1.66. The zero-order valence-corrected chi connectivity index (χ0v) is 14.1. The molecule has 0 spiro atoms. The minimum atomic E-state index is 0.0783. The maximum atomic E-state index is 11.8. The number of methoxy groups -OCH3 is 1. The van der Waals surface area contributed by atoms with Gasteiger partial charge in [-0.05, 0) is 35.6 Å². The van der Waals surface area contributed by atoms with E-state index in [4.69, 9.17) is 10.1 Å². The third kappa shape index (κ3) is 4.20. The first-order chi connectivity index (χ1) is 11.1. The van der Waals surface area contributed by atoms with Crippen molar-refractivity contribution >= 4 is 23.4 Å². The molecule has 2 rings (SSSR count). The van der Waals surface area contributed by atoms with Gasteiger partial charge < -0.3 is 20.4 Å². The number of carbonyl (C=O) groups excluding carboxylic acids is 1. The summed E-state index contributed by atoms with van der Waals surface area (Å²) < 4.78 is 5.00. The van der Waals surface area contributed by atoms with Crippen molar-refractivity contribution in [3.05, 3.63) is 35.5 Å². The van der Waals surface area contributed by atoms with E-state index in [9.17, 15) is 4.79 Å². The highest BCUT2D eigenvalue weighted by atomic mass is 16.5. The van der Waals surface area contributed by atoms with Gasteiger partial charge in [0.15, 0.2) is 0 Å². The minimum Gasteiger partial charge on any atom is -0.388 e. The zero-order valence-electron chi connectivity index (χ0n) is 14.1. The normalized spacial score (nSPS) is 17.6. The molecule has 124 valence electrons. The molecule has 1 aromatic rings. The number of carbonyl (C=O) groups is 1. The molecule has 1 unspecified atom stereocenters. The van der Waals surface area contributed by atoms with Gasteiger partial charge in [0.25, 0.3) is 0 Å². The third-order valence-electron chi connectivity index (χ3n) is 4.01. The SMILES string of the molecule is COCCN/C=C(\C=N)c1ccc2c(c1)CC(C)CN2C(C)=O. The monoisotopic (exact) mass is 315 g/mol. The average molecular weight is 315 g/mol. The van der Waals surface area contributed by atoms with Crippen molar-refractivity contribution in [3.8, 4) is 0 Å². The van der Waals surface area contributed by atoms with Crippen LogP contribution in [0.1, 0.15) is 25.0 Å². The lowest BCUT2D eigenvalue weighted by molar-refractivity contribution is -0.116. The molecule has 1 aromatic carbocycles. The van der Waals surface area contributed by atoms with Crippen LogP contribution in [0.5, 0.6) is 0 Å². The van der Waals surface area contributed by atoms with Gasteiger partial charge in [0.1, 0.15) is 0 Å². The number of fused-ring (bicyclic) bond motifs is 1. The molecule has 5 nitrogen and oxygen atoms in total. The molecule has 2 N–H and O–H groups in total. The fourth-order valence-electron chi connectivity index (χ4n) is 2.89. The molecule has 1 aliphatic rings. The standard InChI is InChI=1S/C18H25N3O2/c1-13-8-16-9-15(17(10-19)11-20-6-7-23-3)4-5-18(16)21(12-13)14(2)22/h4-5,9-11,13,19-20H,6-8,12H2,1-3H3/b17-11+,19-10?. The maximum absolute atomic E-state index is 11.8. The molecule has 0 bridgehead atoms. The van der Waals surface area contributed by atoms with Gasteiger partial charge in [-0.25, -0.2) is 0 Å². The summed E-state index contributed by atoms with van der Waals surface area (Å²) in [6.07, 6.45) is 4.13. The molecule has 1 amide bonds. The van der Waals surface area contributed by atoms with Crippen LogP contribution in [0.4, 0.5) is 5.69 Å². The molecule has 1 heterocycles. The molecule has 23 heavy (non-hydrogen) atoms. The fourth-order valence-corrected chi connectivity index (χ4v) is 2.89. The van der Waals surface area contributed by atoms with Gasteiger partial charge >= 0.3 is 0 Å². The molecule has 0 radical (unpaired) electrons. The number of nitrogens with one attached hydrogen (secondary N) is 2. The van der Waals surface area contributed by atoms with Gasteiger partial charge in [-0.15, -0.1) is 0 Å². The first-order valence-electron chi connectivity index (χ1n) is 7.91. The first kappa shape index (κ1) is 17.2. The molecular formula is C18H25N3O2. The van der Waals surface area contributed by atoms with Crippen LogP contribution in [-0.4, -0.2) is 38.9 Å². The van der Waals surface area contributed by atoms with Crippen molar-refractivity contribution in [2.75, 3.05) is 31.7 Å². The number of amides is 1. The maximum Gasteiger partial charge on any atom is 0.223 e. The summed E-state index contributed by atoms with van der Waals surface area (Å²) in [5, 5.41) is 10.8. The molecule has 0 aromatic heterocycles. The summed E-state index contributed by atoms with van der Waals surface area (Å²) in [6.45, 7) is 5.86. The predicted molar refractivity (Wildman–Crippen MR) is 94.0 cm³/mol. The summed E-state index contributed by atoms with van der Waals surface area (Å²) in [6, 6.07) is 6.06. The average Bonchev–Trinajstić information content (AvgIpc) is 2.53. The van der Waals surface area contributed by atoms with E-state index in [0.717, 1.165) is 29.8 Å². The van der Waals surface area contributed by atoms with E-state index >= 15 is 0 Å². The quantitative estimate of drug-likeness (QED) is 0.626. The largest absolute Gasteiger partial charge is 0.388 e. The summed E-state index contributed by atoms with van der Waals surface area (Å²) in [5.41, 5.74) is 3.97. The number of benzene rings is 1. The highest BCUT2D eigenvalue weighted by Gasteiger charge is 2.24. The second-order valence-corrected chi connectivity index (χ2v) is 5.97. The highest BCUT2D eigenvalue weighted by Crippen LogP contribution is 2.31. The highest BCUT2D eigenvalue weighted by molar-refractivity contribution is 6.08. The van der Waals surface area contributed by atoms with Crippen LogP contribution in [0, 0.1) is 11.3 Å². The van der Waals surface area contributed by atoms with Crippen molar-refractivity contribution in [3.63, 3.8) is 0 Å². The van der Waals surface area contributed by atoms with Gasteiger partial charge in [-0.2, -0.15) is 0 Å². The Hall–Kier alpha value is -2.14. The zero-order chi connectivity index (χ0) is 16.8. The van der Waals surface area contributed by atoms with E-state index in [1.54, 1.807) is 14.0 Å². The Morgan fingerprint density at radius 1 is 1.52 bits per heavy atom. The van der Waals surface area contributed by atoms with Crippen LogP contribution >= 0.6 is 0 Å². The molecule has 1 aliphatic heterocycles. The smallest absolute Gasteiger partial charge is 0.223 e. The van der Waals surface area contributed by atoms with Crippen molar-refractivity contribution in [2.45, 2.75) is 20.3 Å². The Kier molecular flexibility index (Phi) is 5.93. The van der Waals surface area contributed by atoms with Gasteiger partial charge in [-0.1, -0.05) is 13.0 Å². The van der Waals surface area contributed by atoms with Crippen molar-refractivity contribution in [2.24, 2.45) is 5.92 Å². The van der Waals surface area contributed by atoms with Crippen LogP contribution in [0.2, 0.25) is 0 Å². The van der Waals surface area contributed by atoms with Gasteiger partial charge in [0.05, 0.1) is 6.61 Å². The Labute approximate surface area is 137 Å². The lowest BCUT2D eigenvalue weighted by Gasteiger charge is -2.32. The molecule has 5 heteroatoms. The Morgan fingerprint density at radius 3 is 2.96 bits per heavy atom. The van der Waals surface area contributed by atoms with Crippen molar-refractivity contribution in [1.29, 1.82) is 5.41 Å². The summed E-state index contributed by atoms with van der Waals surface area (Å²) >= 11 is 0. The Bertz CT molecular complexity index is 610. The number of ether oxygens (including phenoxy) is 1. The molecule has 0 saturated heterocycles. The summed E-state index contributed by atoms with van der Waals surface area (Å²) in [5.74, 6) is 0.517. The van der Waals surface area contributed by atoms with Gasteiger partial charge in [-0.3, -0.25) is 4.79 Å². The molecule has 0 aliphatic carbocycles. The number of nitrogens with zero attached hydrogens (tertiary/aromatic N) is 1. The van der Waals surface area contributed by atoms with E-state index in [0.29, 0.717) is 19.1 Å². The van der Waals surface area contributed by atoms with Crippen molar-refractivity contribution in [1.82, 2.24) is 5.32 Å². The Morgan fingerprint density at radius 2 is 2.30 bits per heavy atom. The van der Waals surface area contributed by atoms with Crippen LogP contribution in [-0.2, 0) is 16.0 Å². The van der Waals surface area contributed by atoms with Gasteiger partial charge in [0.2, 0.25) is 5.91 Å². The second-order valence-electron chi connectivity index (χ2n) is 5.97. The van der Waals surface area contributed by atoms with Crippen molar-refractivity contribution < 1.29 is 9.53 Å². The number of hydrogen-bond donors (Lipinski definition) is 2. The van der Waals surface area contributed by atoms with Crippen LogP contribution in [0.3, 0.4) is 0 Å². The number of rotatable bonds is 6. The van der Waals surface area contributed by atoms with E-state index in [1.807, 2.05) is 23.2 Å². The topological polar surface area (TPSA) is 65.4 Å². The molecule has 0 saturated carbocycles. The number of anilines is 1. The third-order valence-corrected chi connectivity index (χ3v) is 4.01. The van der Waals surface area contributed by atoms with Crippen LogP contribution in [0.25, 0.3) is 5.57 Å². The Balaban J connectivity index is 2.27. The number of allylic oxidation sites excluding steroid dienone is 1. The fraction of sp³-hybridized carbons (Fsp3) is 0.444. The minimum absolute atomic E-state index is 0.0783. The molecule has 1 atom stereocenters. The first-order valence-corrected chi connectivity index (χ1v) is 7.91. The molecule has 0 fully saturated rings. The summed E-state index contributed by atoms with van der Waals surface area (Å²) in [4.78, 5) is 13.7.